The summed E-state index contributed by atoms with van der Waals surface area (Å²) in [5.74, 6) is 0. The Morgan fingerprint density at radius 2 is 1.00 bits per heavy atom. The third-order valence-corrected chi connectivity index (χ3v) is 11.1. The molecule has 2 atom stereocenters. The average Bonchev–Trinajstić information content (AvgIpc) is 3.74. The van der Waals surface area contributed by atoms with Crippen LogP contribution in [0.5, 0.6) is 0 Å². The summed E-state index contributed by atoms with van der Waals surface area (Å²) < 4.78 is 9.05. The maximum Gasteiger partial charge on any atom is 0.136 e. The normalized spacial score (nSPS) is 18.4. The molecule has 2 unspecified atom stereocenters. The van der Waals surface area contributed by atoms with Gasteiger partial charge in [-0.1, -0.05) is 140 Å². The van der Waals surface area contributed by atoms with Crippen LogP contribution < -0.4 is 16.0 Å². The molecular formula is C43H31N3OS. The molecule has 0 bridgehead atoms. The summed E-state index contributed by atoms with van der Waals surface area (Å²) in [6, 6.07) is 54.1. The number of fused-ring (bicyclic) bond motifs is 8. The molecule has 3 N–H and O–H groups in total. The van der Waals surface area contributed by atoms with Crippen molar-refractivity contribution in [2.45, 2.75) is 18.5 Å². The zero-order valence-corrected chi connectivity index (χ0v) is 26.8. The van der Waals surface area contributed by atoms with E-state index in [1.807, 2.05) is 11.3 Å². The van der Waals surface area contributed by atoms with E-state index in [2.05, 4.69) is 168 Å². The Kier molecular flexibility index (Phi) is 6.45. The van der Waals surface area contributed by atoms with Crippen molar-refractivity contribution in [1.29, 1.82) is 0 Å². The van der Waals surface area contributed by atoms with Crippen LogP contribution >= 0.6 is 11.3 Å². The van der Waals surface area contributed by atoms with Gasteiger partial charge in [-0.25, -0.2) is 0 Å². The van der Waals surface area contributed by atoms with Gasteiger partial charge in [-0.2, -0.15) is 0 Å². The van der Waals surface area contributed by atoms with Crippen molar-refractivity contribution >= 4 is 64.2 Å². The van der Waals surface area contributed by atoms with E-state index >= 15 is 0 Å². The topological polar surface area (TPSA) is 49.2 Å². The number of furan rings is 1. The molecule has 0 amide bonds. The first-order valence-electron chi connectivity index (χ1n) is 16.5. The second kappa shape index (κ2) is 11.2. The molecule has 230 valence electrons. The van der Waals surface area contributed by atoms with Crippen LogP contribution in [0.3, 0.4) is 0 Å². The summed E-state index contributed by atoms with van der Waals surface area (Å²) in [4.78, 5) is 0. The van der Waals surface area contributed by atoms with Gasteiger partial charge in [0.05, 0.1) is 18.5 Å². The van der Waals surface area contributed by atoms with Crippen LogP contribution in [0.4, 0.5) is 0 Å². The van der Waals surface area contributed by atoms with Gasteiger partial charge in [0.15, 0.2) is 0 Å². The molecule has 7 aromatic carbocycles. The lowest BCUT2D eigenvalue weighted by molar-refractivity contribution is 0.204. The number of hydrogen-bond acceptors (Lipinski definition) is 5. The van der Waals surface area contributed by atoms with Crippen LogP contribution in [0, 0.1) is 0 Å². The van der Waals surface area contributed by atoms with Crippen LogP contribution in [0.2, 0.25) is 0 Å². The van der Waals surface area contributed by atoms with Gasteiger partial charge in [0.2, 0.25) is 0 Å². The van der Waals surface area contributed by atoms with E-state index in [1.54, 1.807) is 0 Å². The molecule has 10 rings (SSSR count). The lowest BCUT2D eigenvalue weighted by Crippen LogP contribution is -2.54. The molecule has 1 aliphatic heterocycles. The van der Waals surface area contributed by atoms with E-state index in [4.69, 9.17) is 4.42 Å². The molecule has 3 heterocycles. The van der Waals surface area contributed by atoms with Gasteiger partial charge in [-0.15, -0.1) is 11.3 Å². The molecule has 4 nitrogen and oxygen atoms in total. The molecule has 0 aliphatic carbocycles. The van der Waals surface area contributed by atoms with Crippen LogP contribution in [-0.4, -0.2) is 0 Å². The van der Waals surface area contributed by atoms with Gasteiger partial charge in [0.25, 0.3) is 0 Å². The third kappa shape index (κ3) is 4.40. The van der Waals surface area contributed by atoms with E-state index in [-0.39, 0.29) is 18.5 Å². The number of nitrogens with one attached hydrogen (secondary N) is 3. The minimum Gasteiger partial charge on any atom is -0.456 e. The first-order valence-corrected chi connectivity index (χ1v) is 17.3. The predicted octanol–water partition coefficient (Wildman–Crippen LogP) is 11.0. The lowest BCUT2D eigenvalue weighted by atomic mass is 9.95. The van der Waals surface area contributed by atoms with Crippen LogP contribution in [-0.2, 0) is 0 Å². The molecule has 48 heavy (non-hydrogen) atoms. The van der Waals surface area contributed by atoms with Crippen molar-refractivity contribution in [2.75, 3.05) is 0 Å². The zero-order chi connectivity index (χ0) is 31.6. The van der Waals surface area contributed by atoms with Crippen molar-refractivity contribution in [1.82, 2.24) is 16.0 Å². The Labute approximate surface area is 281 Å². The Bertz CT molecular complexity index is 2580. The van der Waals surface area contributed by atoms with Crippen molar-refractivity contribution in [2.24, 2.45) is 0 Å². The molecule has 1 fully saturated rings. The van der Waals surface area contributed by atoms with Crippen molar-refractivity contribution < 1.29 is 4.42 Å². The molecule has 9 aromatic rings. The highest BCUT2D eigenvalue weighted by Gasteiger charge is 2.31. The maximum absolute atomic E-state index is 6.47. The second-order valence-electron chi connectivity index (χ2n) is 12.6. The monoisotopic (exact) mass is 637 g/mol. The number of thiophene rings is 1. The van der Waals surface area contributed by atoms with Gasteiger partial charge < -0.3 is 4.42 Å². The number of benzene rings is 7. The predicted molar refractivity (Wildman–Crippen MR) is 200 cm³/mol. The number of hydrogen-bond donors (Lipinski definition) is 3. The summed E-state index contributed by atoms with van der Waals surface area (Å²) in [5.41, 5.74) is 7.95. The molecule has 2 aromatic heterocycles. The maximum atomic E-state index is 6.47. The SMILES string of the molecule is c1ccc(C2NC(c3ccccc3)NC(c3cccc4c3sc3c(-c5cccc6oc7ccc8ccccc8c7c56)cccc34)N2)cc1. The summed E-state index contributed by atoms with van der Waals surface area (Å²) >= 11 is 1.89. The van der Waals surface area contributed by atoms with E-state index in [9.17, 15) is 0 Å². The van der Waals surface area contributed by atoms with Crippen LogP contribution in [0.25, 0.3) is 64.0 Å². The van der Waals surface area contributed by atoms with Crippen LogP contribution in [0.15, 0.2) is 156 Å². The van der Waals surface area contributed by atoms with Gasteiger partial charge in [-0.3, -0.25) is 16.0 Å². The van der Waals surface area contributed by atoms with Gasteiger partial charge in [-0.05, 0) is 39.6 Å². The first kappa shape index (κ1) is 27.8. The fourth-order valence-electron chi connectivity index (χ4n) is 7.59. The minimum atomic E-state index is -0.0745. The van der Waals surface area contributed by atoms with Crippen molar-refractivity contribution in [3.8, 4) is 11.1 Å². The highest BCUT2D eigenvalue weighted by molar-refractivity contribution is 7.26. The fourth-order valence-corrected chi connectivity index (χ4v) is 8.96. The summed E-state index contributed by atoms with van der Waals surface area (Å²) in [6.45, 7) is 0. The van der Waals surface area contributed by atoms with Gasteiger partial charge in [0, 0.05) is 42.1 Å². The molecule has 0 spiro atoms. The van der Waals surface area contributed by atoms with E-state index in [0.717, 1.165) is 11.2 Å². The summed E-state index contributed by atoms with van der Waals surface area (Å²) in [7, 11) is 0. The molecule has 0 saturated carbocycles. The second-order valence-corrected chi connectivity index (χ2v) is 13.6. The fraction of sp³-hybridized carbons (Fsp3) is 0.0698. The van der Waals surface area contributed by atoms with Crippen LogP contribution in [0.1, 0.15) is 35.2 Å². The molecule has 1 aliphatic rings. The smallest absolute Gasteiger partial charge is 0.136 e. The third-order valence-electron chi connectivity index (χ3n) is 9.81. The standard InChI is InChI=1S/C43H31N3OS/c1-3-13-27(14-4-1)41-44-42(28-15-5-2-6-16-28)46-43(45-41)34-22-10-21-33-32-20-9-19-31(39(32)48-40(33)34)30-18-11-23-35-38(30)37-29-17-8-7-12-26(29)24-25-36(37)47-35/h1-25,41-46H. The first-order chi connectivity index (χ1) is 23.8. The molecule has 1 saturated heterocycles. The molecule has 0 radical (unpaired) electrons. The zero-order valence-electron chi connectivity index (χ0n) is 26.0. The summed E-state index contributed by atoms with van der Waals surface area (Å²) in [6.07, 6.45) is -0.121. The Morgan fingerprint density at radius 1 is 0.417 bits per heavy atom. The highest BCUT2D eigenvalue weighted by atomic mass is 32.1. The molecular weight excluding hydrogens is 607 g/mol. The average molecular weight is 638 g/mol. The van der Waals surface area contributed by atoms with Gasteiger partial charge in [0.1, 0.15) is 11.2 Å². The Hall–Kier alpha value is -5.30. The Balaban J connectivity index is 1.16. The van der Waals surface area contributed by atoms with E-state index in [1.165, 1.54) is 69.5 Å². The summed E-state index contributed by atoms with van der Waals surface area (Å²) in [5, 5.41) is 18.9. The van der Waals surface area contributed by atoms with E-state index in [0.29, 0.717) is 0 Å². The lowest BCUT2D eigenvalue weighted by Gasteiger charge is -2.39. The quantitative estimate of drug-likeness (QED) is 0.180. The largest absolute Gasteiger partial charge is 0.456 e. The van der Waals surface area contributed by atoms with E-state index < -0.39 is 0 Å². The van der Waals surface area contributed by atoms with Gasteiger partial charge >= 0.3 is 0 Å². The van der Waals surface area contributed by atoms with Crippen molar-refractivity contribution in [3.05, 3.63) is 168 Å². The minimum absolute atomic E-state index is 0.0235. The van der Waals surface area contributed by atoms with Crippen molar-refractivity contribution in [3.63, 3.8) is 0 Å². The Morgan fingerprint density at radius 3 is 1.77 bits per heavy atom. The molecule has 5 heteroatoms. The highest BCUT2D eigenvalue weighted by Crippen LogP contribution is 2.46. The number of rotatable bonds is 4.